The van der Waals surface area contributed by atoms with Gasteiger partial charge in [0.15, 0.2) is 0 Å². The van der Waals surface area contributed by atoms with Crippen LogP contribution in [-0.2, 0) is 6.42 Å². The van der Waals surface area contributed by atoms with E-state index in [4.69, 9.17) is 5.53 Å². The molecule has 0 bridgehead atoms. The molecule has 0 aliphatic heterocycles. The maximum absolute atomic E-state index is 8.13. The van der Waals surface area contributed by atoms with Gasteiger partial charge in [0.25, 0.3) is 0 Å². The lowest BCUT2D eigenvalue weighted by atomic mass is 10.1. The fourth-order valence-electron chi connectivity index (χ4n) is 0.917. The van der Waals surface area contributed by atoms with Crippen molar-refractivity contribution in [2.24, 2.45) is 5.11 Å². The van der Waals surface area contributed by atoms with Crippen molar-refractivity contribution in [3.05, 3.63) is 52.9 Å². The van der Waals surface area contributed by atoms with Gasteiger partial charge in [-0.25, -0.2) is 0 Å². The number of hydrogen-bond acceptors (Lipinski definition) is 1. The van der Waals surface area contributed by atoms with Gasteiger partial charge in [-0.15, -0.1) is 6.58 Å². The minimum absolute atomic E-state index is 0.644. The Morgan fingerprint density at radius 1 is 1.42 bits per heavy atom. The van der Waals surface area contributed by atoms with Crippen LogP contribution in [0, 0.1) is 0 Å². The summed E-state index contributed by atoms with van der Waals surface area (Å²) in [5, 5.41) is 3.46. The van der Waals surface area contributed by atoms with Crippen LogP contribution in [0.15, 0.2) is 42.0 Å². The molecule has 0 saturated heterocycles. The topological polar surface area (TPSA) is 48.8 Å². The van der Waals surface area contributed by atoms with Crippen LogP contribution < -0.4 is 0 Å². The fraction of sp³-hybridized carbons (Fsp3) is 0.111. The van der Waals surface area contributed by atoms with Gasteiger partial charge in [0.2, 0.25) is 0 Å². The van der Waals surface area contributed by atoms with Crippen LogP contribution >= 0.6 is 0 Å². The second kappa shape index (κ2) is 4.21. The lowest BCUT2D eigenvalue weighted by molar-refractivity contribution is 1.27. The van der Waals surface area contributed by atoms with Crippen LogP contribution in [0.3, 0.4) is 0 Å². The first-order valence-electron chi connectivity index (χ1n) is 3.62. The van der Waals surface area contributed by atoms with Crippen molar-refractivity contribution in [3.8, 4) is 0 Å². The number of rotatable bonds is 3. The van der Waals surface area contributed by atoms with Gasteiger partial charge >= 0.3 is 0 Å². The zero-order chi connectivity index (χ0) is 8.81. The molecule has 1 aromatic rings. The average molecular weight is 159 g/mol. The highest BCUT2D eigenvalue weighted by molar-refractivity contribution is 5.38. The van der Waals surface area contributed by atoms with Crippen LogP contribution in [0.5, 0.6) is 0 Å². The SMILES string of the molecule is C=CCc1ccc(N=[N+]=[N-])cc1. The first-order chi connectivity index (χ1) is 5.86. The highest BCUT2D eigenvalue weighted by Gasteiger charge is 1.89. The molecule has 0 unspecified atom stereocenters. The Balaban J connectivity index is 2.84. The highest BCUT2D eigenvalue weighted by atomic mass is 15.1. The summed E-state index contributed by atoms with van der Waals surface area (Å²) in [5.41, 5.74) is 9.95. The Hall–Kier alpha value is -1.73. The van der Waals surface area contributed by atoms with Crippen LogP contribution in [-0.4, -0.2) is 0 Å². The van der Waals surface area contributed by atoms with Crippen molar-refractivity contribution >= 4 is 5.69 Å². The van der Waals surface area contributed by atoms with Gasteiger partial charge in [-0.05, 0) is 17.5 Å². The minimum atomic E-state index is 0.644. The Kier molecular flexibility index (Phi) is 2.94. The minimum Gasteiger partial charge on any atom is -0.103 e. The third kappa shape index (κ3) is 2.15. The van der Waals surface area contributed by atoms with Crippen molar-refractivity contribution in [1.82, 2.24) is 0 Å². The predicted octanol–water partition coefficient (Wildman–Crippen LogP) is 3.36. The fourth-order valence-corrected chi connectivity index (χ4v) is 0.917. The van der Waals surface area contributed by atoms with Gasteiger partial charge in [-0.3, -0.25) is 0 Å². The molecule has 0 atom stereocenters. The zero-order valence-corrected chi connectivity index (χ0v) is 6.64. The molecule has 0 saturated carbocycles. The van der Waals surface area contributed by atoms with Gasteiger partial charge < -0.3 is 0 Å². The van der Waals surface area contributed by atoms with Gasteiger partial charge in [-0.2, -0.15) is 0 Å². The van der Waals surface area contributed by atoms with Crippen LogP contribution in [0.4, 0.5) is 5.69 Å². The molecule has 1 aromatic carbocycles. The Morgan fingerprint density at radius 2 is 2.08 bits per heavy atom. The number of azide groups is 1. The number of hydrogen-bond donors (Lipinski definition) is 0. The third-order valence-corrected chi connectivity index (χ3v) is 1.48. The first-order valence-corrected chi connectivity index (χ1v) is 3.62. The average Bonchev–Trinajstić information content (AvgIpc) is 2.09. The summed E-state index contributed by atoms with van der Waals surface area (Å²) in [5.74, 6) is 0. The van der Waals surface area contributed by atoms with E-state index in [1.165, 1.54) is 5.56 Å². The summed E-state index contributed by atoms with van der Waals surface area (Å²) in [6, 6.07) is 7.43. The standard InChI is InChI=1S/C9H9N3/c1-2-3-8-4-6-9(7-5-8)11-12-10/h2,4-7H,1,3H2. The molecule has 0 aromatic heterocycles. The van der Waals surface area contributed by atoms with Crippen LogP contribution in [0.1, 0.15) is 5.56 Å². The molecular formula is C9H9N3. The summed E-state index contributed by atoms with van der Waals surface area (Å²) in [4.78, 5) is 2.69. The molecule has 0 aliphatic rings. The molecule has 0 spiro atoms. The van der Waals surface area contributed by atoms with E-state index in [-0.39, 0.29) is 0 Å². The maximum Gasteiger partial charge on any atom is 0.0375 e. The summed E-state index contributed by atoms with van der Waals surface area (Å²) >= 11 is 0. The lowest BCUT2D eigenvalue weighted by Gasteiger charge is -1.95. The molecule has 3 heteroatoms. The third-order valence-electron chi connectivity index (χ3n) is 1.48. The van der Waals surface area contributed by atoms with E-state index in [0.29, 0.717) is 5.69 Å². The first kappa shape index (κ1) is 8.37. The van der Waals surface area contributed by atoms with E-state index in [1.807, 2.05) is 18.2 Å². The summed E-state index contributed by atoms with van der Waals surface area (Å²) in [6.07, 6.45) is 2.68. The van der Waals surface area contributed by atoms with E-state index < -0.39 is 0 Å². The molecule has 60 valence electrons. The molecule has 0 radical (unpaired) electrons. The van der Waals surface area contributed by atoms with Gasteiger partial charge in [0, 0.05) is 10.6 Å². The largest absolute Gasteiger partial charge is 0.103 e. The van der Waals surface area contributed by atoms with Gasteiger partial charge in [0.05, 0.1) is 0 Å². The lowest BCUT2D eigenvalue weighted by Crippen LogP contribution is -1.77. The number of allylic oxidation sites excluding steroid dienone is 1. The van der Waals surface area contributed by atoms with E-state index >= 15 is 0 Å². The second-order valence-electron chi connectivity index (χ2n) is 2.35. The summed E-state index contributed by atoms with van der Waals surface area (Å²) < 4.78 is 0. The smallest absolute Gasteiger partial charge is 0.0375 e. The molecule has 12 heavy (non-hydrogen) atoms. The number of nitrogens with zero attached hydrogens (tertiary/aromatic N) is 3. The van der Waals surface area contributed by atoms with Crippen molar-refractivity contribution < 1.29 is 0 Å². The Bertz CT molecular complexity index is 307. The highest BCUT2D eigenvalue weighted by Crippen LogP contribution is 2.13. The summed E-state index contributed by atoms with van der Waals surface area (Å²) in [6.45, 7) is 3.63. The molecule has 1 rings (SSSR count). The monoisotopic (exact) mass is 159 g/mol. The summed E-state index contributed by atoms with van der Waals surface area (Å²) in [7, 11) is 0. The zero-order valence-electron chi connectivity index (χ0n) is 6.64. The maximum atomic E-state index is 8.13. The van der Waals surface area contributed by atoms with Crippen LogP contribution in [0.25, 0.3) is 10.4 Å². The van der Waals surface area contributed by atoms with Crippen LogP contribution in [0.2, 0.25) is 0 Å². The normalized spacial score (nSPS) is 8.67. The molecule has 0 N–H and O–H groups in total. The van der Waals surface area contributed by atoms with E-state index in [0.717, 1.165) is 6.42 Å². The van der Waals surface area contributed by atoms with Crippen molar-refractivity contribution in [1.29, 1.82) is 0 Å². The quantitative estimate of drug-likeness (QED) is 0.281. The Morgan fingerprint density at radius 3 is 2.58 bits per heavy atom. The predicted molar refractivity (Wildman–Crippen MR) is 49.1 cm³/mol. The molecule has 0 fully saturated rings. The molecule has 3 nitrogen and oxygen atoms in total. The van der Waals surface area contributed by atoms with E-state index in [2.05, 4.69) is 16.6 Å². The van der Waals surface area contributed by atoms with Crippen molar-refractivity contribution in [2.45, 2.75) is 6.42 Å². The van der Waals surface area contributed by atoms with Gasteiger partial charge in [0.1, 0.15) is 0 Å². The van der Waals surface area contributed by atoms with Crippen molar-refractivity contribution in [2.75, 3.05) is 0 Å². The Labute approximate surface area is 71.0 Å². The van der Waals surface area contributed by atoms with E-state index in [9.17, 15) is 0 Å². The molecule has 0 aliphatic carbocycles. The molecular weight excluding hydrogens is 150 g/mol. The molecule has 0 heterocycles. The van der Waals surface area contributed by atoms with Crippen molar-refractivity contribution in [3.63, 3.8) is 0 Å². The van der Waals surface area contributed by atoms with E-state index in [1.54, 1.807) is 12.1 Å². The van der Waals surface area contributed by atoms with Gasteiger partial charge in [-0.1, -0.05) is 35.5 Å². The molecule has 0 amide bonds. The number of benzene rings is 1. The second-order valence-corrected chi connectivity index (χ2v) is 2.35.